The summed E-state index contributed by atoms with van der Waals surface area (Å²) in [7, 11) is 0. The quantitative estimate of drug-likeness (QED) is 0.827. The molecule has 0 aromatic heterocycles. The molecule has 1 aliphatic heterocycles. The van der Waals surface area contributed by atoms with Gasteiger partial charge in [0.15, 0.2) is 5.78 Å². The molecule has 3 rings (SSSR count). The maximum absolute atomic E-state index is 11.3. The van der Waals surface area contributed by atoms with Crippen molar-refractivity contribution in [1.29, 1.82) is 0 Å². The molecule has 0 bridgehead atoms. The molecular weight excluding hydrogens is 236 g/mol. The van der Waals surface area contributed by atoms with Crippen LogP contribution in [0.1, 0.15) is 37.0 Å². The molecule has 1 aliphatic carbocycles. The van der Waals surface area contributed by atoms with Gasteiger partial charge >= 0.3 is 0 Å². The van der Waals surface area contributed by atoms with Crippen LogP contribution in [0.25, 0.3) is 0 Å². The van der Waals surface area contributed by atoms with E-state index < -0.39 is 0 Å². The summed E-state index contributed by atoms with van der Waals surface area (Å²) in [6.45, 7) is 7.20. The lowest BCUT2D eigenvalue weighted by atomic mass is 10.1. The van der Waals surface area contributed by atoms with E-state index in [4.69, 9.17) is 0 Å². The van der Waals surface area contributed by atoms with E-state index in [1.807, 2.05) is 12.1 Å². The van der Waals surface area contributed by atoms with Crippen LogP contribution in [0.5, 0.6) is 0 Å². The molecule has 2 fully saturated rings. The second-order valence-corrected chi connectivity index (χ2v) is 6.27. The van der Waals surface area contributed by atoms with Crippen molar-refractivity contribution in [2.45, 2.75) is 32.7 Å². The predicted octanol–water partition coefficient (Wildman–Crippen LogP) is 2.47. The largest absolute Gasteiger partial charge is 0.369 e. The van der Waals surface area contributed by atoms with Crippen molar-refractivity contribution in [1.82, 2.24) is 5.32 Å². The smallest absolute Gasteiger partial charge is 0.159 e. The Labute approximate surface area is 115 Å². The lowest BCUT2D eigenvalue weighted by Crippen LogP contribution is -2.35. The van der Waals surface area contributed by atoms with Gasteiger partial charge in [0.25, 0.3) is 0 Å². The van der Waals surface area contributed by atoms with Crippen LogP contribution in [-0.4, -0.2) is 31.5 Å². The fourth-order valence-electron chi connectivity index (χ4n) is 2.93. The number of nitrogens with one attached hydrogen (secondary N) is 1. The fraction of sp³-hybridized carbons (Fsp3) is 0.562. The molecule has 102 valence electrons. The number of hydrogen-bond acceptors (Lipinski definition) is 3. The number of carbonyl (C=O) groups is 1. The second kappa shape index (κ2) is 4.64. The molecule has 19 heavy (non-hydrogen) atoms. The average molecular weight is 258 g/mol. The van der Waals surface area contributed by atoms with Gasteiger partial charge in [-0.2, -0.15) is 0 Å². The van der Waals surface area contributed by atoms with Crippen LogP contribution >= 0.6 is 0 Å². The van der Waals surface area contributed by atoms with E-state index in [9.17, 15) is 4.79 Å². The SMILES string of the molecule is CC(=O)c1ccc(N2CC(C)NCC3(CC3)C2)cc1. The Hall–Kier alpha value is -1.35. The summed E-state index contributed by atoms with van der Waals surface area (Å²) in [6.07, 6.45) is 2.68. The van der Waals surface area contributed by atoms with E-state index in [2.05, 4.69) is 29.3 Å². The Bertz CT molecular complexity index is 476. The molecule has 1 saturated carbocycles. The zero-order chi connectivity index (χ0) is 13.5. The van der Waals surface area contributed by atoms with Gasteiger partial charge in [0, 0.05) is 42.3 Å². The minimum Gasteiger partial charge on any atom is -0.369 e. The molecule has 3 nitrogen and oxygen atoms in total. The predicted molar refractivity (Wildman–Crippen MR) is 77.8 cm³/mol. The van der Waals surface area contributed by atoms with Gasteiger partial charge in [-0.25, -0.2) is 0 Å². The molecular formula is C16H22N2O. The number of nitrogens with zero attached hydrogens (tertiary/aromatic N) is 1. The van der Waals surface area contributed by atoms with Gasteiger partial charge in [-0.3, -0.25) is 4.79 Å². The molecule has 3 heteroatoms. The summed E-state index contributed by atoms with van der Waals surface area (Å²) >= 11 is 0. The molecule has 2 aliphatic rings. The average Bonchev–Trinajstić information content (AvgIpc) is 3.18. The van der Waals surface area contributed by atoms with E-state index in [0.717, 1.165) is 25.2 Å². The first-order valence-electron chi connectivity index (χ1n) is 7.17. The van der Waals surface area contributed by atoms with Gasteiger partial charge in [-0.1, -0.05) is 0 Å². The monoisotopic (exact) mass is 258 g/mol. The zero-order valence-corrected chi connectivity index (χ0v) is 11.8. The lowest BCUT2D eigenvalue weighted by molar-refractivity contribution is 0.101. The van der Waals surface area contributed by atoms with Crippen LogP contribution in [-0.2, 0) is 0 Å². The number of ketones is 1. The number of hydrogen-bond donors (Lipinski definition) is 1. The lowest BCUT2D eigenvalue weighted by Gasteiger charge is -2.27. The number of benzene rings is 1. The molecule has 1 aromatic carbocycles. The van der Waals surface area contributed by atoms with E-state index in [1.165, 1.54) is 18.5 Å². The van der Waals surface area contributed by atoms with Gasteiger partial charge in [-0.15, -0.1) is 0 Å². The van der Waals surface area contributed by atoms with Gasteiger partial charge in [-0.05, 0) is 51.0 Å². The highest BCUT2D eigenvalue weighted by Gasteiger charge is 2.45. The van der Waals surface area contributed by atoms with Crippen LogP contribution in [0, 0.1) is 5.41 Å². The van der Waals surface area contributed by atoms with Crippen LogP contribution < -0.4 is 10.2 Å². The van der Waals surface area contributed by atoms with Gasteiger partial charge in [0.05, 0.1) is 0 Å². The molecule has 1 heterocycles. The van der Waals surface area contributed by atoms with Crippen molar-refractivity contribution >= 4 is 11.5 Å². The summed E-state index contributed by atoms with van der Waals surface area (Å²) in [6, 6.07) is 8.59. The molecule has 1 unspecified atom stereocenters. The topological polar surface area (TPSA) is 32.3 Å². The highest BCUT2D eigenvalue weighted by molar-refractivity contribution is 5.94. The summed E-state index contributed by atoms with van der Waals surface area (Å²) in [5, 5.41) is 3.63. The zero-order valence-electron chi connectivity index (χ0n) is 11.8. The molecule has 1 saturated heterocycles. The minimum atomic E-state index is 0.135. The first kappa shape index (κ1) is 12.7. The summed E-state index contributed by atoms with van der Waals surface area (Å²) in [5.74, 6) is 0.135. The maximum atomic E-state index is 11.3. The van der Waals surface area contributed by atoms with Crippen LogP contribution in [0.15, 0.2) is 24.3 Å². The standard InChI is InChI=1S/C16H22N2O/c1-12-9-18(11-16(7-8-16)10-17-12)15-5-3-14(4-6-15)13(2)19/h3-6,12,17H,7-11H2,1-2H3. The van der Waals surface area contributed by atoms with Gasteiger partial charge in [0.1, 0.15) is 0 Å². The van der Waals surface area contributed by atoms with Gasteiger partial charge < -0.3 is 10.2 Å². The van der Waals surface area contributed by atoms with Crippen LogP contribution in [0.4, 0.5) is 5.69 Å². The normalized spacial score (nSPS) is 25.2. The molecule has 1 spiro atoms. The van der Waals surface area contributed by atoms with E-state index in [-0.39, 0.29) is 5.78 Å². The maximum Gasteiger partial charge on any atom is 0.159 e. The number of carbonyl (C=O) groups excluding carboxylic acids is 1. The van der Waals surface area contributed by atoms with E-state index >= 15 is 0 Å². The Morgan fingerprint density at radius 2 is 2.00 bits per heavy atom. The molecule has 0 radical (unpaired) electrons. The van der Waals surface area contributed by atoms with E-state index in [1.54, 1.807) is 6.92 Å². The van der Waals surface area contributed by atoms with Gasteiger partial charge in [0.2, 0.25) is 0 Å². The number of rotatable bonds is 2. The minimum absolute atomic E-state index is 0.135. The third-order valence-electron chi connectivity index (χ3n) is 4.44. The van der Waals surface area contributed by atoms with Crippen LogP contribution in [0.2, 0.25) is 0 Å². The third-order valence-corrected chi connectivity index (χ3v) is 4.44. The van der Waals surface area contributed by atoms with Crippen molar-refractivity contribution in [3.05, 3.63) is 29.8 Å². The Kier molecular flexibility index (Phi) is 3.09. The van der Waals surface area contributed by atoms with Crippen molar-refractivity contribution in [2.75, 3.05) is 24.5 Å². The number of Topliss-reactive ketones (excluding diaryl/α,β-unsaturated/α-hetero) is 1. The summed E-state index contributed by atoms with van der Waals surface area (Å²) in [4.78, 5) is 13.8. The van der Waals surface area contributed by atoms with Crippen molar-refractivity contribution in [3.8, 4) is 0 Å². The molecule has 1 aromatic rings. The van der Waals surface area contributed by atoms with Crippen LogP contribution in [0.3, 0.4) is 0 Å². The summed E-state index contributed by atoms with van der Waals surface area (Å²) < 4.78 is 0. The third kappa shape index (κ3) is 2.66. The molecule has 1 N–H and O–H groups in total. The first-order valence-corrected chi connectivity index (χ1v) is 7.17. The highest BCUT2D eigenvalue weighted by atomic mass is 16.1. The second-order valence-electron chi connectivity index (χ2n) is 6.27. The highest BCUT2D eigenvalue weighted by Crippen LogP contribution is 2.47. The van der Waals surface area contributed by atoms with Crippen molar-refractivity contribution in [3.63, 3.8) is 0 Å². The summed E-state index contributed by atoms with van der Waals surface area (Å²) in [5.41, 5.74) is 2.54. The Morgan fingerprint density at radius 3 is 2.58 bits per heavy atom. The van der Waals surface area contributed by atoms with E-state index in [0.29, 0.717) is 11.5 Å². The molecule has 1 atom stereocenters. The fourth-order valence-corrected chi connectivity index (χ4v) is 2.93. The Balaban J connectivity index is 1.81. The van der Waals surface area contributed by atoms with Crippen molar-refractivity contribution in [2.24, 2.45) is 5.41 Å². The van der Waals surface area contributed by atoms with Crippen molar-refractivity contribution < 1.29 is 4.79 Å². The Morgan fingerprint density at radius 1 is 1.32 bits per heavy atom. The first-order chi connectivity index (χ1) is 9.08. The number of anilines is 1. The molecule has 0 amide bonds.